The average Bonchev–Trinajstić information content (AvgIpc) is 3.37. The van der Waals surface area contributed by atoms with E-state index in [1.54, 1.807) is 7.11 Å². The minimum absolute atomic E-state index is 0.122. The smallest absolute Gasteiger partial charge is 0.234 e. The second kappa shape index (κ2) is 8.95. The van der Waals surface area contributed by atoms with Crippen LogP contribution in [0.25, 0.3) is 15.9 Å². The highest BCUT2D eigenvalue weighted by Gasteiger charge is 2.26. The van der Waals surface area contributed by atoms with Crippen molar-refractivity contribution in [3.05, 3.63) is 40.5 Å². The van der Waals surface area contributed by atoms with Crippen LogP contribution in [0.5, 0.6) is 5.75 Å². The Morgan fingerprint density at radius 3 is 2.94 bits per heavy atom. The normalized spacial score (nSPS) is 15.8. The van der Waals surface area contributed by atoms with Crippen molar-refractivity contribution in [2.45, 2.75) is 51.1 Å². The number of fused-ring (bicyclic) bond motifs is 5. The zero-order valence-corrected chi connectivity index (χ0v) is 20.8. The minimum atomic E-state index is -0.122. The highest BCUT2D eigenvalue weighted by molar-refractivity contribution is 7.99. The summed E-state index contributed by atoms with van der Waals surface area (Å²) in [5.41, 5.74) is 2.91. The number of amides is 1. The Hall–Kier alpha value is -2.65. The molecular formula is C24H27N5O2S2. The monoisotopic (exact) mass is 481 g/mol. The molecule has 1 aromatic carbocycles. The third-order valence-electron chi connectivity index (χ3n) is 6.03. The van der Waals surface area contributed by atoms with E-state index in [2.05, 4.69) is 40.7 Å². The van der Waals surface area contributed by atoms with E-state index in [-0.39, 0.29) is 17.6 Å². The number of nitrogens with zero attached hydrogens (tertiary/aromatic N) is 4. The van der Waals surface area contributed by atoms with Gasteiger partial charge in [0, 0.05) is 10.8 Å². The predicted octanol–water partition coefficient (Wildman–Crippen LogP) is 5.33. The molecule has 3 heterocycles. The van der Waals surface area contributed by atoms with Gasteiger partial charge in [-0.1, -0.05) is 44.7 Å². The van der Waals surface area contributed by atoms with Gasteiger partial charge in [-0.05, 0) is 42.9 Å². The number of para-hydroxylation sites is 2. The van der Waals surface area contributed by atoms with Crippen LogP contribution in [0.15, 0.2) is 29.4 Å². The number of hydrogen-bond donors (Lipinski definition) is 1. The minimum Gasteiger partial charge on any atom is -0.495 e. The lowest BCUT2D eigenvalue weighted by atomic mass is 9.89. The number of ether oxygens (including phenoxy) is 1. The van der Waals surface area contributed by atoms with Crippen molar-refractivity contribution >= 4 is 50.6 Å². The number of anilines is 1. The molecule has 0 saturated heterocycles. The molecule has 0 aliphatic heterocycles. The predicted molar refractivity (Wildman–Crippen MR) is 134 cm³/mol. The Morgan fingerprint density at radius 2 is 2.15 bits per heavy atom. The summed E-state index contributed by atoms with van der Waals surface area (Å²) in [5, 5.41) is 13.8. The molecule has 1 aliphatic carbocycles. The molecule has 0 fully saturated rings. The maximum Gasteiger partial charge on any atom is 0.234 e. The molecule has 1 atom stereocenters. The summed E-state index contributed by atoms with van der Waals surface area (Å²) >= 11 is 3.18. The van der Waals surface area contributed by atoms with Crippen LogP contribution >= 0.6 is 23.1 Å². The molecule has 1 amide bonds. The fourth-order valence-electron chi connectivity index (χ4n) is 4.38. The van der Waals surface area contributed by atoms with Crippen LogP contribution in [0.4, 0.5) is 5.69 Å². The number of nitrogens with one attached hydrogen (secondary N) is 1. The molecule has 1 aliphatic rings. The van der Waals surface area contributed by atoms with Gasteiger partial charge in [-0.15, -0.1) is 21.5 Å². The Kier molecular flexibility index (Phi) is 6.01. The van der Waals surface area contributed by atoms with Gasteiger partial charge in [0.2, 0.25) is 5.91 Å². The van der Waals surface area contributed by atoms with Crippen molar-refractivity contribution in [1.82, 2.24) is 19.6 Å². The van der Waals surface area contributed by atoms with E-state index < -0.39 is 0 Å². The Bertz CT molecular complexity index is 1340. The summed E-state index contributed by atoms with van der Waals surface area (Å²) in [6.45, 7) is 6.58. The molecule has 1 N–H and O–H groups in total. The topological polar surface area (TPSA) is 81.4 Å². The Morgan fingerprint density at radius 1 is 1.33 bits per heavy atom. The van der Waals surface area contributed by atoms with E-state index in [4.69, 9.17) is 9.72 Å². The third-order valence-corrected chi connectivity index (χ3v) is 8.10. The molecule has 0 bridgehead atoms. The zero-order valence-electron chi connectivity index (χ0n) is 19.2. The SMILES string of the molecule is COc1ccccc1NC(=O)CSc1nnc2c3c4c(sc3nc(C(C)C)n12)C[C@@H](C)CC4. The first-order valence-corrected chi connectivity index (χ1v) is 13.0. The molecule has 0 unspecified atom stereocenters. The highest BCUT2D eigenvalue weighted by atomic mass is 32.2. The highest BCUT2D eigenvalue weighted by Crippen LogP contribution is 2.40. The first-order valence-electron chi connectivity index (χ1n) is 11.2. The van der Waals surface area contributed by atoms with E-state index in [9.17, 15) is 4.79 Å². The van der Waals surface area contributed by atoms with Crippen molar-refractivity contribution in [3.63, 3.8) is 0 Å². The quantitative estimate of drug-likeness (QED) is 0.375. The summed E-state index contributed by atoms with van der Waals surface area (Å²) in [4.78, 5) is 20.2. The van der Waals surface area contributed by atoms with Gasteiger partial charge < -0.3 is 10.1 Å². The lowest BCUT2D eigenvalue weighted by Crippen LogP contribution is -2.15. The molecule has 7 nitrogen and oxygen atoms in total. The van der Waals surface area contributed by atoms with Crippen molar-refractivity contribution < 1.29 is 9.53 Å². The molecular weight excluding hydrogens is 454 g/mol. The van der Waals surface area contributed by atoms with Crippen LogP contribution in [0.2, 0.25) is 0 Å². The van der Waals surface area contributed by atoms with E-state index in [1.807, 2.05) is 35.6 Å². The number of carbonyl (C=O) groups excluding carboxylic acids is 1. The van der Waals surface area contributed by atoms with Gasteiger partial charge in [0.1, 0.15) is 16.4 Å². The van der Waals surface area contributed by atoms with E-state index in [1.165, 1.54) is 28.6 Å². The number of hydrogen-bond acceptors (Lipinski definition) is 7. The number of aromatic nitrogens is 4. The van der Waals surface area contributed by atoms with Crippen LogP contribution in [-0.4, -0.2) is 38.4 Å². The van der Waals surface area contributed by atoms with Crippen molar-refractivity contribution in [2.75, 3.05) is 18.2 Å². The van der Waals surface area contributed by atoms with Crippen LogP contribution in [0, 0.1) is 5.92 Å². The molecule has 172 valence electrons. The van der Waals surface area contributed by atoms with Gasteiger partial charge in [-0.2, -0.15) is 0 Å². The van der Waals surface area contributed by atoms with Crippen LogP contribution in [0.3, 0.4) is 0 Å². The Labute approximate surface area is 201 Å². The summed E-state index contributed by atoms with van der Waals surface area (Å²) in [5.74, 6) is 2.57. The molecule has 0 radical (unpaired) electrons. The van der Waals surface area contributed by atoms with Crippen molar-refractivity contribution in [3.8, 4) is 5.75 Å². The summed E-state index contributed by atoms with van der Waals surface area (Å²) < 4.78 is 7.38. The molecule has 3 aromatic heterocycles. The van der Waals surface area contributed by atoms with Crippen molar-refractivity contribution in [2.24, 2.45) is 5.92 Å². The fraction of sp³-hybridized carbons (Fsp3) is 0.417. The third kappa shape index (κ3) is 4.08. The average molecular weight is 482 g/mol. The zero-order chi connectivity index (χ0) is 23.1. The van der Waals surface area contributed by atoms with Gasteiger partial charge in [0.05, 0.1) is 23.9 Å². The summed E-state index contributed by atoms with van der Waals surface area (Å²) in [6, 6.07) is 7.39. The number of aryl methyl sites for hydroxylation is 1. The first kappa shape index (κ1) is 22.2. The number of thiophene rings is 1. The molecule has 9 heteroatoms. The maximum atomic E-state index is 12.7. The second-order valence-corrected chi connectivity index (χ2v) is 10.9. The van der Waals surface area contributed by atoms with E-state index >= 15 is 0 Å². The van der Waals surface area contributed by atoms with Gasteiger partial charge >= 0.3 is 0 Å². The second-order valence-electron chi connectivity index (χ2n) is 8.84. The molecule has 5 rings (SSSR count). The van der Waals surface area contributed by atoms with Crippen LogP contribution in [-0.2, 0) is 17.6 Å². The molecule has 4 aromatic rings. The van der Waals surface area contributed by atoms with Gasteiger partial charge in [0.25, 0.3) is 0 Å². The molecule has 33 heavy (non-hydrogen) atoms. The Balaban J connectivity index is 1.47. The lowest BCUT2D eigenvalue weighted by Gasteiger charge is -2.17. The molecule has 0 saturated carbocycles. The largest absolute Gasteiger partial charge is 0.495 e. The summed E-state index contributed by atoms with van der Waals surface area (Å²) in [7, 11) is 1.59. The van der Waals surface area contributed by atoms with E-state index in [0.717, 1.165) is 34.5 Å². The van der Waals surface area contributed by atoms with Gasteiger partial charge in [-0.3, -0.25) is 9.20 Å². The number of rotatable bonds is 6. The molecule has 0 spiro atoms. The standard InChI is InChI=1S/C24H27N5O2S2/c1-13(2)21-26-23-20(15-10-9-14(3)11-18(15)33-23)22-27-28-24(29(21)22)32-12-19(30)25-16-7-5-6-8-17(16)31-4/h5-8,13-14H,9-12H2,1-4H3,(H,25,30)/t14-/m0/s1. The number of thioether (sulfide) groups is 1. The van der Waals surface area contributed by atoms with Gasteiger partial charge in [0.15, 0.2) is 10.8 Å². The lowest BCUT2D eigenvalue weighted by molar-refractivity contribution is -0.113. The number of carbonyl (C=O) groups is 1. The maximum absolute atomic E-state index is 12.7. The number of methoxy groups -OCH3 is 1. The van der Waals surface area contributed by atoms with Crippen molar-refractivity contribution in [1.29, 1.82) is 0 Å². The van der Waals surface area contributed by atoms with E-state index in [0.29, 0.717) is 22.5 Å². The fourth-order valence-corrected chi connectivity index (χ4v) is 6.51. The summed E-state index contributed by atoms with van der Waals surface area (Å²) in [6.07, 6.45) is 3.36. The first-order chi connectivity index (χ1) is 16.0. The van der Waals surface area contributed by atoms with Crippen LogP contribution in [0.1, 0.15) is 49.4 Å². The number of benzene rings is 1. The van der Waals surface area contributed by atoms with Gasteiger partial charge in [-0.25, -0.2) is 4.98 Å². The van der Waals surface area contributed by atoms with Crippen LogP contribution < -0.4 is 10.1 Å².